The molecular formula is C21H17F3N2O2S. The van der Waals surface area contributed by atoms with E-state index in [-0.39, 0.29) is 16.5 Å². The number of thiazole rings is 1. The van der Waals surface area contributed by atoms with E-state index in [1.54, 1.807) is 6.92 Å². The molecule has 0 aliphatic rings. The predicted octanol–water partition coefficient (Wildman–Crippen LogP) is 5.54. The largest absolute Gasteiger partial charge is 0.416 e. The Morgan fingerprint density at radius 1 is 1.03 bits per heavy atom. The minimum Gasteiger partial charge on any atom is -0.298 e. The number of amides is 1. The molecule has 0 spiro atoms. The highest BCUT2D eigenvalue weighted by Gasteiger charge is 2.30. The van der Waals surface area contributed by atoms with Gasteiger partial charge in [0.15, 0.2) is 10.9 Å². The van der Waals surface area contributed by atoms with Crippen molar-refractivity contribution in [1.29, 1.82) is 0 Å². The summed E-state index contributed by atoms with van der Waals surface area (Å²) in [7, 11) is 0. The van der Waals surface area contributed by atoms with Crippen molar-refractivity contribution < 1.29 is 22.8 Å². The minimum absolute atomic E-state index is 0.0705. The lowest BCUT2D eigenvalue weighted by Crippen LogP contribution is -2.12. The summed E-state index contributed by atoms with van der Waals surface area (Å²) < 4.78 is 37.9. The summed E-state index contributed by atoms with van der Waals surface area (Å²) in [5.41, 5.74) is 0.808. The molecular weight excluding hydrogens is 401 g/mol. The van der Waals surface area contributed by atoms with Gasteiger partial charge in [-0.25, -0.2) is 4.98 Å². The lowest BCUT2D eigenvalue weighted by molar-refractivity contribution is -0.137. The first-order valence-electron chi connectivity index (χ1n) is 8.77. The molecule has 3 rings (SSSR count). The van der Waals surface area contributed by atoms with Crippen molar-refractivity contribution in [2.45, 2.75) is 25.9 Å². The molecule has 0 atom stereocenters. The molecule has 0 fully saturated rings. The first-order valence-corrected chi connectivity index (χ1v) is 9.59. The van der Waals surface area contributed by atoms with E-state index in [4.69, 9.17) is 0 Å². The van der Waals surface area contributed by atoms with E-state index < -0.39 is 17.6 Å². The van der Waals surface area contributed by atoms with Gasteiger partial charge in [-0.05, 0) is 43.2 Å². The van der Waals surface area contributed by atoms with E-state index in [9.17, 15) is 22.8 Å². The third-order valence-electron chi connectivity index (χ3n) is 4.23. The number of hydrogen-bond acceptors (Lipinski definition) is 4. The average Bonchev–Trinajstić information content (AvgIpc) is 3.06. The molecule has 4 nitrogen and oxygen atoms in total. The normalized spacial score (nSPS) is 11.3. The van der Waals surface area contributed by atoms with Crippen LogP contribution in [0.3, 0.4) is 0 Å². The van der Waals surface area contributed by atoms with Gasteiger partial charge < -0.3 is 0 Å². The summed E-state index contributed by atoms with van der Waals surface area (Å²) in [6.45, 7) is 1.68. The number of halogens is 3. The van der Waals surface area contributed by atoms with E-state index in [0.717, 1.165) is 41.2 Å². The Morgan fingerprint density at radius 2 is 1.69 bits per heavy atom. The van der Waals surface area contributed by atoms with E-state index >= 15 is 0 Å². The highest BCUT2D eigenvalue weighted by Crippen LogP contribution is 2.29. The van der Waals surface area contributed by atoms with Crippen LogP contribution in [0.1, 0.15) is 43.3 Å². The topological polar surface area (TPSA) is 59.1 Å². The molecule has 2 aromatic carbocycles. The molecule has 1 amide bonds. The van der Waals surface area contributed by atoms with Gasteiger partial charge in [-0.3, -0.25) is 14.9 Å². The number of anilines is 1. The summed E-state index contributed by atoms with van der Waals surface area (Å²) >= 11 is 1.06. The third-order valence-corrected chi connectivity index (χ3v) is 5.34. The average molecular weight is 418 g/mol. The van der Waals surface area contributed by atoms with Crippen LogP contribution in [0.4, 0.5) is 18.3 Å². The first-order chi connectivity index (χ1) is 13.7. The van der Waals surface area contributed by atoms with Crippen molar-refractivity contribution in [3.63, 3.8) is 0 Å². The molecule has 0 unspecified atom stereocenters. The van der Waals surface area contributed by atoms with Gasteiger partial charge >= 0.3 is 6.18 Å². The van der Waals surface area contributed by atoms with Crippen molar-refractivity contribution in [2.24, 2.45) is 0 Å². The zero-order chi connectivity index (χ0) is 21.0. The van der Waals surface area contributed by atoms with Crippen molar-refractivity contribution >= 4 is 28.2 Å². The quantitative estimate of drug-likeness (QED) is 0.535. The van der Waals surface area contributed by atoms with Crippen LogP contribution >= 0.6 is 11.3 Å². The minimum atomic E-state index is -4.46. The molecule has 0 saturated carbocycles. The number of carbonyl (C=O) groups excluding carboxylic acids is 2. The second-order valence-electron chi connectivity index (χ2n) is 6.37. The Bertz CT molecular complexity index is 1010. The second kappa shape index (κ2) is 8.57. The zero-order valence-corrected chi connectivity index (χ0v) is 16.2. The molecule has 8 heteroatoms. The van der Waals surface area contributed by atoms with Gasteiger partial charge in [-0.1, -0.05) is 41.7 Å². The number of alkyl halides is 3. The van der Waals surface area contributed by atoms with Crippen LogP contribution in [-0.4, -0.2) is 16.7 Å². The van der Waals surface area contributed by atoms with E-state index in [0.29, 0.717) is 23.4 Å². The summed E-state index contributed by atoms with van der Waals surface area (Å²) in [4.78, 5) is 29.4. The predicted molar refractivity (Wildman–Crippen MR) is 105 cm³/mol. The number of nitrogens with zero attached hydrogens (tertiary/aromatic N) is 1. The first kappa shape index (κ1) is 20.7. The summed E-state index contributed by atoms with van der Waals surface area (Å²) in [6, 6.07) is 13.5. The number of hydrogen-bond donors (Lipinski definition) is 1. The molecule has 29 heavy (non-hydrogen) atoms. The van der Waals surface area contributed by atoms with Crippen LogP contribution in [-0.2, 0) is 12.6 Å². The monoisotopic (exact) mass is 418 g/mol. The van der Waals surface area contributed by atoms with Gasteiger partial charge in [0.25, 0.3) is 5.91 Å². The molecule has 0 aliphatic heterocycles. The van der Waals surface area contributed by atoms with Gasteiger partial charge in [0.2, 0.25) is 0 Å². The smallest absolute Gasteiger partial charge is 0.298 e. The Balaban J connectivity index is 1.65. The molecule has 1 heterocycles. The fraction of sp³-hybridized carbons (Fsp3) is 0.190. The van der Waals surface area contributed by atoms with Crippen molar-refractivity contribution in [3.8, 4) is 0 Å². The van der Waals surface area contributed by atoms with Gasteiger partial charge in [0, 0.05) is 12.0 Å². The van der Waals surface area contributed by atoms with Crippen LogP contribution in [0.25, 0.3) is 0 Å². The maximum atomic E-state index is 12.6. The number of ketones is 1. The van der Waals surface area contributed by atoms with Crippen LogP contribution in [0.5, 0.6) is 0 Å². The Labute approximate surface area is 169 Å². The lowest BCUT2D eigenvalue weighted by atomic mass is 10.1. The molecule has 0 aliphatic carbocycles. The number of Topliss-reactive ketones (excluding diaryl/α,β-unsaturated/α-hetero) is 1. The highest BCUT2D eigenvalue weighted by atomic mass is 32.1. The molecule has 1 N–H and O–H groups in total. The Morgan fingerprint density at radius 3 is 2.31 bits per heavy atom. The summed E-state index contributed by atoms with van der Waals surface area (Å²) in [5.74, 6) is -0.658. The maximum absolute atomic E-state index is 12.6. The molecule has 3 aromatic rings. The Kier molecular flexibility index (Phi) is 6.12. The van der Waals surface area contributed by atoms with Crippen molar-refractivity contribution in [3.05, 3.63) is 81.9 Å². The molecule has 0 bridgehead atoms. The third kappa shape index (κ3) is 5.29. The lowest BCUT2D eigenvalue weighted by Gasteiger charge is -2.07. The zero-order valence-electron chi connectivity index (χ0n) is 15.4. The number of nitrogens with one attached hydrogen (secondary N) is 1. The van der Waals surface area contributed by atoms with Gasteiger partial charge in [0.1, 0.15) is 0 Å². The van der Waals surface area contributed by atoms with Crippen LogP contribution in [0, 0.1) is 6.92 Å². The number of carbonyl (C=O) groups is 2. The van der Waals surface area contributed by atoms with E-state index in [1.807, 2.05) is 30.3 Å². The number of rotatable bonds is 6. The number of aromatic nitrogens is 1. The SMILES string of the molecule is Cc1nc(NC(=O)c2ccc(C(F)(F)F)cc2)sc1C(=O)CCc1ccccc1. The number of benzene rings is 2. The number of aryl methyl sites for hydroxylation is 2. The van der Waals surface area contributed by atoms with Crippen LogP contribution in [0.2, 0.25) is 0 Å². The van der Waals surface area contributed by atoms with E-state index in [2.05, 4.69) is 10.3 Å². The molecule has 0 radical (unpaired) electrons. The second-order valence-corrected chi connectivity index (χ2v) is 7.37. The molecule has 150 valence electrons. The van der Waals surface area contributed by atoms with Gasteiger partial charge in [0.05, 0.1) is 16.1 Å². The highest BCUT2D eigenvalue weighted by molar-refractivity contribution is 7.17. The standard InChI is InChI=1S/C21H17F3N2O2S/c1-13-18(17(27)12-7-14-5-3-2-4-6-14)29-20(25-13)26-19(28)15-8-10-16(11-9-15)21(22,23)24/h2-6,8-11H,7,12H2,1H3,(H,25,26,28). The summed E-state index contributed by atoms with van der Waals surface area (Å²) in [5, 5.41) is 2.77. The maximum Gasteiger partial charge on any atom is 0.416 e. The molecule has 0 saturated heterocycles. The van der Waals surface area contributed by atoms with Gasteiger partial charge in [-0.2, -0.15) is 13.2 Å². The molecule has 1 aromatic heterocycles. The van der Waals surface area contributed by atoms with Gasteiger partial charge in [-0.15, -0.1) is 0 Å². The fourth-order valence-electron chi connectivity index (χ4n) is 2.70. The van der Waals surface area contributed by atoms with Crippen LogP contribution in [0.15, 0.2) is 54.6 Å². The van der Waals surface area contributed by atoms with Crippen molar-refractivity contribution in [1.82, 2.24) is 4.98 Å². The summed E-state index contributed by atoms with van der Waals surface area (Å²) in [6.07, 6.45) is -3.54. The fourth-order valence-corrected chi connectivity index (χ4v) is 3.63. The van der Waals surface area contributed by atoms with E-state index in [1.165, 1.54) is 0 Å². The van der Waals surface area contributed by atoms with Crippen LogP contribution < -0.4 is 5.32 Å². The Hall–Kier alpha value is -3.00. The van der Waals surface area contributed by atoms with Crippen molar-refractivity contribution in [2.75, 3.05) is 5.32 Å².